The number of pyridine rings is 1. The summed E-state index contributed by atoms with van der Waals surface area (Å²) in [5.41, 5.74) is 3.39. The third kappa shape index (κ3) is 7.90. The van der Waals surface area contributed by atoms with E-state index in [0.717, 1.165) is 60.4 Å². The molecular formula is C32H36F3N5O2S. The summed E-state index contributed by atoms with van der Waals surface area (Å²) in [6, 6.07) is 15.5. The number of benzene rings is 2. The molecule has 0 atom stereocenters. The number of hydrogen-bond acceptors (Lipinski definition) is 7. The number of methoxy groups -OCH3 is 1. The Morgan fingerprint density at radius 3 is 2.49 bits per heavy atom. The Balaban J connectivity index is 1.12. The first-order chi connectivity index (χ1) is 20.7. The molecule has 228 valence electrons. The molecule has 1 aliphatic heterocycles. The zero-order chi connectivity index (χ0) is 30.4. The molecule has 3 heterocycles. The number of likely N-dealkylation sites (N-methyl/N-ethyl adjacent to an activating group) is 1. The SMILES string of the molecule is CCN(CCNCc1ccc(C(F)(F)F)cc1)C(=O)c1nc2cc(C3CCN(Cc4ccc(OC)nc4)CC3)ccc2s1. The molecule has 0 radical (unpaired) electrons. The van der Waals surface area contributed by atoms with Crippen LogP contribution in [0.2, 0.25) is 0 Å². The zero-order valence-corrected chi connectivity index (χ0v) is 25.2. The highest BCUT2D eigenvalue weighted by Gasteiger charge is 2.30. The van der Waals surface area contributed by atoms with Gasteiger partial charge in [-0.2, -0.15) is 13.2 Å². The summed E-state index contributed by atoms with van der Waals surface area (Å²) in [6.07, 6.45) is -0.341. The Labute approximate surface area is 253 Å². The molecule has 43 heavy (non-hydrogen) atoms. The Morgan fingerprint density at radius 2 is 1.84 bits per heavy atom. The number of rotatable bonds is 11. The van der Waals surface area contributed by atoms with Crippen LogP contribution >= 0.6 is 11.3 Å². The normalized spacial score (nSPS) is 14.7. The van der Waals surface area contributed by atoms with Crippen LogP contribution in [0.25, 0.3) is 10.2 Å². The van der Waals surface area contributed by atoms with Crippen LogP contribution in [0.15, 0.2) is 60.8 Å². The first-order valence-corrected chi connectivity index (χ1v) is 15.3. The third-order valence-electron chi connectivity index (χ3n) is 7.90. The van der Waals surface area contributed by atoms with Crippen LogP contribution in [0.1, 0.15) is 57.7 Å². The van der Waals surface area contributed by atoms with Gasteiger partial charge in [-0.05, 0) is 79.7 Å². The maximum atomic E-state index is 13.3. The second-order valence-corrected chi connectivity index (χ2v) is 11.8. The summed E-state index contributed by atoms with van der Waals surface area (Å²) in [6.45, 7) is 6.77. The van der Waals surface area contributed by atoms with Gasteiger partial charge in [0.05, 0.1) is 22.9 Å². The third-order valence-corrected chi connectivity index (χ3v) is 8.93. The number of carbonyl (C=O) groups is 1. The van der Waals surface area contributed by atoms with E-state index in [2.05, 4.69) is 39.5 Å². The number of halogens is 3. The Morgan fingerprint density at radius 1 is 1.09 bits per heavy atom. The molecule has 0 unspecified atom stereocenters. The average molecular weight is 612 g/mol. The fourth-order valence-electron chi connectivity index (χ4n) is 5.39. The Hall–Kier alpha value is -3.54. The van der Waals surface area contributed by atoms with Gasteiger partial charge in [0.25, 0.3) is 5.91 Å². The first-order valence-electron chi connectivity index (χ1n) is 14.5. The standard InChI is InChI=1S/C32H36F3N5O2S/c1-3-40(17-14-36-19-22-4-8-26(9-5-22)32(33,34)35)31(41)30-38-27-18-25(7-10-28(27)43-30)24-12-15-39(16-13-24)21-23-6-11-29(42-2)37-20-23/h4-11,18,20,24,36H,3,12-17,19,21H2,1-2H3. The van der Waals surface area contributed by atoms with Crippen LogP contribution in [0, 0.1) is 0 Å². The van der Waals surface area contributed by atoms with Crippen molar-refractivity contribution in [1.82, 2.24) is 25.1 Å². The number of hydrogen-bond donors (Lipinski definition) is 1. The summed E-state index contributed by atoms with van der Waals surface area (Å²) < 4.78 is 44.5. The number of fused-ring (bicyclic) bond motifs is 1. The van der Waals surface area contributed by atoms with Crippen LogP contribution in [0.4, 0.5) is 13.2 Å². The molecule has 2 aromatic carbocycles. The topological polar surface area (TPSA) is 70.6 Å². The number of nitrogens with one attached hydrogen (secondary N) is 1. The number of alkyl halides is 3. The molecule has 4 aromatic rings. The maximum absolute atomic E-state index is 13.3. The van der Waals surface area contributed by atoms with Crippen molar-refractivity contribution >= 4 is 27.5 Å². The van der Waals surface area contributed by atoms with E-state index in [-0.39, 0.29) is 5.91 Å². The lowest BCUT2D eigenvalue weighted by molar-refractivity contribution is -0.137. The van der Waals surface area contributed by atoms with Gasteiger partial charge >= 0.3 is 6.18 Å². The molecule has 11 heteroatoms. The van der Waals surface area contributed by atoms with E-state index in [1.807, 2.05) is 19.2 Å². The lowest BCUT2D eigenvalue weighted by atomic mass is 9.89. The van der Waals surface area contributed by atoms with Crippen LogP contribution < -0.4 is 10.1 Å². The molecule has 1 N–H and O–H groups in total. The van der Waals surface area contributed by atoms with E-state index in [9.17, 15) is 18.0 Å². The van der Waals surface area contributed by atoms with Gasteiger partial charge in [-0.1, -0.05) is 24.3 Å². The van der Waals surface area contributed by atoms with Crippen molar-refractivity contribution in [2.24, 2.45) is 0 Å². The Kier molecular flexibility index (Phi) is 9.94. The molecule has 0 spiro atoms. The molecule has 1 saturated heterocycles. The summed E-state index contributed by atoms with van der Waals surface area (Å²) in [7, 11) is 1.62. The molecule has 7 nitrogen and oxygen atoms in total. The van der Waals surface area contributed by atoms with Crippen molar-refractivity contribution in [1.29, 1.82) is 0 Å². The smallest absolute Gasteiger partial charge is 0.416 e. The van der Waals surface area contributed by atoms with Crippen molar-refractivity contribution in [2.45, 2.75) is 44.9 Å². The largest absolute Gasteiger partial charge is 0.481 e. The fraction of sp³-hybridized carbons (Fsp3) is 0.406. The molecule has 1 amide bonds. The summed E-state index contributed by atoms with van der Waals surface area (Å²) in [5, 5.41) is 3.69. The zero-order valence-electron chi connectivity index (χ0n) is 24.4. The number of thiazole rings is 1. The Bertz CT molecular complexity index is 1500. The van der Waals surface area contributed by atoms with Crippen molar-refractivity contribution in [3.63, 3.8) is 0 Å². The van der Waals surface area contributed by atoms with E-state index in [1.54, 1.807) is 12.0 Å². The van der Waals surface area contributed by atoms with Crippen molar-refractivity contribution < 1.29 is 22.7 Å². The summed E-state index contributed by atoms with van der Waals surface area (Å²) in [5.74, 6) is 0.972. The van der Waals surface area contributed by atoms with Crippen LogP contribution in [0.5, 0.6) is 5.88 Å². The lowest BCUT2D eigenvalue weighted by Crippen LogP contribution is -2.36. The number of amides is 1. The molecule has 1 fully saturated rings. The number of carbonyl (C=O) groups excluding carboxylic acids is 1. The van der Waals surface area contributed by atoms with Gasteiger partial charge in [0, 0.05) is 45.0 Å². The first kappa shape index (κ1) is 30.9. The van der Waals surface area contributed by atoms with Gasteiger partial charge in [-0.25, -0.2) is 9.97 Å². The van der Waals surface area contributed by atoms with Gasteiger partial charge in [0.2, 0.25) is 5.88 Å². The number of piperidine rings is 1. The second kappa shape index (κ2) is 13.8. The predicted molar refractivity (Wildman–Crippen MR) is 162 cm³/mol. The minimum absolute atomic E-state index is 0.108. The molecule has 5 rings (SSSR count). The highest BCUT2D eigenvalue weighted by Crippen LogP contribution is 2.33. The fourth-order valence-corrected chi connectivity index (χ4v) is 6.31. The molecule has 0 bridgehead atoms. The minimum atomic E-state index is -4.34. The van der Waals surface area contributed by atoms with Crippen LogP contribution in [-0.4, -0.2) is 65.5 Å². The van der Waals surface area contributed by atoms with Crippen molar-refractivity contribution in [3.05, 3.63) is 88.1 Å². The van der Waals surface area contributed by atoms with Gasteiger partial charge in [0.15, 0.2) is 5.01 Å². The molecular weight excluding hydrogens is 575 g/mol. The summed E-state index contributed by atoms with van der Waals surface area (Å²) >= 11 is 1.41. The number of likely N-dealkylation sites (tertiary alicyclic amines) is 1. The van der Waals surface area contributed by atoms with E-state index in [1.165, 1.54) is 34.6 Å². The van der Waals surface area contributed by atoms with Crippen LogP contribution in [-0.2, 0) is 19.3 Å². The van der Waals surface area contributed by atoms with E-state index >= 15 is 0 Å². The van der Waals surface area contributed by atoms with Crippen molar-refractivity contribution in [2.75, 3.05) is 39.8 Å². The number of aromatic nitrogens is 2. The molecule has 2 aromatic heterocycles. The van der Waals surface area contributed by atoms with Gasteiger partial charge in [-0.3, -0.25) is 9.69 Å². The number of ether oxygens (including phenoxy) is 1. The highest BCUT2D eigenvalue weighted by molar-refractivity contribution is 7.20. The maximum Gasteiger partial charge on any atom is 0.416 e. The number of nitrogens with zero attached hydrogens (tertiary/aromatic N) is 4. The summed E-state index contributed by atoms with van der Waals surface area (Å²) in [4.78, 5) is 26.5. The van der Waals surface area contributed by atoms with E-state index in [0.29, 0.717) is 43.0 Å². The molecule has 0 aliphatic carbocycles. The monoisotopic (exact) mass is 611 g/mol. The van der Waals surface area contributed by atoms with Gasteiger partial charge in [0.1, 0.15) is 0 Å². The highest BCUT2D eigenvalue weighted by atomic mass is 32.1. The molecule has 1 aliphatic rings. The van der Waals surface area contributed by atoms with Crippen molar-refractivity contribution in [3.8, 4) is 5.88 Å². The predicted octanol–water partition coefficient (Wildman–Crippen LogP) is 6.35. The van der Waals surface area contributed by atoms with Gasteiger partial charge in [-0.15, -0.1) is 11.3 Å². The minimum Gasteiger partial charge on any atom is -0.481 e. The quantitative estimate of drug-likeness (QED) is 0.199. The average Bonchev–Trinajstić information content (AvgIpc) is 3.45. The van der Waals surface area contributed by atoms with E-state index in [4.69, 9.17) is 9.72 Å². The lowest BCUT2D eigenvalue weighted by Gasteiger charge is -2.32. The van der Waals surface area contributed by atoms with Crippen LogP contribution in [0.3, 0.4) is 0 Å². The van der Waals surface area contributed by atoms with Gasteiger partial charge < -0.3 is 15.0 Å². The van der Waals surface area contributed by atoms with E-state index < -0.39 is 11.7 Å². The molecule has 0 saturated carbocycles. The second-order valence-electron chi connectivity index (χ2n) is 10.8.